The molecule has 1 fully saturated rings. The number of carbonyl (C=O) groups excluding carboxylic acids is 1. The lowest BCUT2D eigenvalue weighted by atomic mass is 10.1. The fourth-order valence-corrected chi connectivity index (χ4v) is 2.37. The minimum absolute atomic E-state index is 0.0594. The average Bonchev–Trinajstić information content (AvgIpc) is 2.85. The van der Waals surface area contributed by atoms with Crippen molar-refractivity contribution in [2.24, 2.45) is 5.73 Å². The Hall–Kier alpha value is -1.79. The molecular weight excluding hydrogens is 246 g/mol. The van der Waals surface area contributed by atoms with Gasteiger partial charge in [0.1, 0.15) is 0 Å². The van der Waals surface area contributed by atoms with E-state index in [0.717, 1.165) is 23.6 Å². The summed E-state index contributed by atoms with van der Waals surface area (Å²) >= 11 is 0. The number of amides is 1. The molecule has 0 saturated carbocycles. The zero-order valence-corrected chi connectivity index (χ0v) is 10.6. The molecule has 1 saturated heterocycles. The van der Waals surface area contributed by atoms with Gasteiger partial charge >= 0.3 is 0 Å². The monoisotopic (exact) mass is 263 g/mol. The van der Waals surface area contributed by atoms with E-state index in [2.05, 4.69) is 10.2 Å². The molecule has 2 aliphatic heterocycles. The van der Waals surface area contributed by atoms with Crippen LogP contribution in [0.25, 0.3) is 0 Å². The lowest BCUT2D eigenvalue weighted by Gasteiger charge is -2.28. The van der Waals surface area contributed by atoms with Crippen LogP contribution in [-0.4, -0.2) is 43.8 Å². The number of hydrogen-bond acceptors (Lipinski definition) is 5. The van der Waals surface area contributed by atoms with Gasteiger partial charge in [-0.2, -0.15) is 0 Å². The number of benzene rings is 1. The highest BCUT2D eigenvalue weighted by atomic mass is 16.7. The highest BCUT2D eigenvalue weighted by Gasteiger charge is 2.21. The van der Waals surface area contributed by atoms with E-state index in [4.69, 9.17) is 15.2 Å². The van der Waals surface area contributed by atoms with Gasteiger partial charge in [-0.1, -0.05) is 6.07 Å². The van der Waals surface area contributed by atoms with Gasteiger partial charge in [0.2, 0.25) is 12.7 Å². The van der Waals surface area contributed by atoms with Gasteiger partial charge in [-0.05, 0) is 17.7 Å². The van der Waals surface area contributed by atoms with Crippen LogP contribution >= 0.6 is 0 Å². The first-order valence-corrected chi connectivity index (χ1v) is 6.36. The molecule has 1 aromatic rings. The van der Waals surface area contributed by atoms with Crippen LogP contribution in [0.15, 0.2) is 18.2 Å². The lowest BCUT2D eigenvalue weighted by Crippen LogP contribution is -2.49. The Morgan fingerprint density at radius 2 is 2.21 bits per heavy atom. The van der Waals surface area contributed by atoms with Crippen LogP contribution in [0, 0.1) is 0 Å². The van der Waals surface area contributed by atoms with E-state index in [1.807, 2.05) is 18.2 Å². The molecule has 19 heavy (non-hydrogen) atoms. The largest absolute Gasteiger partial charge is 0.454 e. The summed E-state index contributed by atoms with van der Waals surface area (Å²) in [5.74, 6) is 1.56. The van der Waals surface area contributed by atoms with E-state index in [1.165, 1.54) is 0 Å². The normalized spacial score (nSPS) is 20.2. The number of rotatable bonds is 3. The van der Waals surface area contributed by atoms with Gasteiger partial charge < -0.3 is 20.5 Å². The summed E-state index contributed by atoms with van der Waals surface area (Å²) in [4.78, 5) is 13.4. The third kappa shape index (κ3) is 2.64. The van der Waals surface area contributed by atoms with Gasteiger partial charge in [0, 0.05) is 25.7 Å². The Morgan fingerprint density at radius 1 is 1.37 bits per heavy atom. The number of fused-ring (bicyclic) bond motifs is 1. The van der Waals surface area contributed by atoms with Crippen LogP contribution in [-0.2, 0) is 4.79 Å². The molecule has 3 rings (SSSR count). The fourth-order valence-electron chi connectivity index (χ4n) is 2.37. The smallest absolute Gasteiger partial charge is 0.234 e. The van der Waals surface area contributed by atoms with E-state index in [1.54, 1.807) is 0 Å². The second-order valence-corrected chi connectivity index (χ2v) is 4.80. The number of nitrogens with zero attached hydrogens (tertiary/aromatic N) is 1. The molecule has 1 amide bonds. The molecule has 6 nitrogen and oxygen atoms in total. The highest BCUT2D eigenvalue weighted by Crippen LogP contribution is 2.33. The van der Waals surface area contributed by atoms with E-state index < -0.39 is 0 Å². The molecule has 6 heteroatoms. The SMILES string of the molecule is NC(CN1CCNC(=O)C1)c1ccc2c(c1)OCO2. The maximum Gasteiger partial charge on any atom is 0.234 e. The van der Waals surface area contributed by atoms with Gasteiger partial charge in [0.05, 0.1) is 6.54 Å². The first kappa shape index (κ1) is 12.3. The van der Waals surface area contributed by atoms with E-state index in [9.17, 15) is 4.79 Å². The van der Waals surface area contributed by atoms with E-state index in [0.29, 0.717) is 19.6 Å². The van der Waals surface area contributed by atoms with E-state index >= 15 is 0 Å². The topological polar surface area (TPSA) is 76.8 Å². The highest BCUT2D eigenvalue weighted by molar-refractivity contribution is 5.78. The summed E-state index contributed by atoms with van der Waals surface area (Å²) in [7, 11) is 0. The van der Waals surface area contributed by atoms with Crippen LogP contribution in [0.5, 0.6) is 11.5 Å². The molecule has 0 spiro atoms. The molecule has 0 radical (unpaired) electrons. The minimum atomic E-state index is -0.139. The average molecular weight is 263 g/mol. The van der Waals surface area contributed by atoms with Crippen molar-refractivity contribution in [3.63, 3.8) is 0 Å². The lowest BCUT2D eigenvalue weighted by molar-refractivity contribution is -0.124. The van der Waals surface area contributed by atoms with Crippen molar-refractivity contribution in [2.75, 3.05) is 33.0 Å². The summed E-state index contributed by atoms with van der Waals surface area (Å²) in [6.45, 7) is 2.86. The molecule has 1 atom stereocenters. The summed E-state index contributed by atoms with van der Waals surface area (Å²) < 4.78 is 10.6. The third-order valence-electron chi connectivity index (χ3n) is 3.40. The van der Waals surface area contributed by atoms with Crippen molar-refractivity contribution in [1.29, 1.82) is 0 Å². The second-order valence-electron chi connectivity index (χ2n) is 4.80. The van der Waals surface area contributed by atoms with Crippen molar-refractivity contribution in [3.05, 3.63) is 23.8 Å². The molecular formula is C13H17N3O3. The first-order chi connectivity index (χ1) is 9.22. The summed E-state index contributed by atoms with van der Waals surface area (Å²) in [5, 5.41) is 2.80. The first-order valence-electron chi connectivity index (χ1n) is 6.36. The Labute approximate surface area is 111 Å². The van der Waals surface area contributed by atoms with Gasteiger partial charge in [-0.25, -0.2) is 0 Å². The molecule has 2 heterocycles. The van der Waals surface area contributed by atoms with Crippen LogP contribution in [0.4, 0.5) is 0 Å². The Morgan fingerprint density at radius 3 is 3.05 bits per heavy atom. The number of nitrogens with one attached hydrogen (secondary N) is 1. The molecule has 0 aromatic heterocycles. The zero-order chi connectivity index (χ0) is 13.2. The summed E-state index contributed by atoms with van der Waals surface area (Å²) in [6.07, 6.45) is 0. The number of nitrogens with two attached hydrogens (primary N) is 1. The number of carbonyl (C=O) groups is 1. The van der Waals surface area contributed by atoms with Crippen molar-refractivity contribution in [1.82, 2.24) is 10.2 Å². The molecule has 1 aromatic carbocycles. The Kier molecular flexibility index (Phi) is 3.27. The maximum absolute atomic E-state index is 11.3. The van der Waals surface area contributed by atoms with Gasteiger partial charge in [-0.15, -0.1) is 0 Å². The van der Waals surface area contributed by atoms with Gasteiger partial charge in [0.25, 0.3) is 0 Å². The molecule has 102 valence electrons. The predicted molar refractivity (Wildman–Crippen MR) is 68.9 cm³/mol. The quantitative estimate of drug-likeness (QED) is 0.793. The summed E-state index contributed by atoms with van der Waals surface area (Å²) in [5.41, 5.74) is 7.19. The predicted octanol–water partition coefficient (Wildman–Crippen LogP) is -0.153. The van der Waals surface area contributed by atoms with E-state index in [-0.39, 0.29) is 18.7 Å². The fraction of sp³-hybridized carbons (Fsp3) is 0.462. The maximum atomic E-state index is 11.3. The molecule has 2 aliphatic rings. The van der Waals surface area contributed by atoms with Gasteiger partial charge in [-0.3, -0.25) is 9.69 Å². The summed E-state index contributed by atoms with van der Waals surface area (Å²) in [6, 6.07) is 5.60. The Bertz CT molecular complexity index is 492. The number of hydrogen-bond donors (Lipinski definition) is 2. The third-order valence-corrected chi connectivity index (χ3v) is 3.40. The van der Waals surface area contributed by atoms with Crippen LogP contribution in [0.2, 0.25) is 0 Å². The minimum Gasteiger partial charge on any atom is -0.454 e. The molecule has 0 aliphatic carbocycles. The van der Waals surface area contributed by atoms with Crippen molar-refractivity contribution < 1.29 is 14.3 Å². The van der Waals surface area contributed by atoms with Crippen molar-refractivity contribution in [3.8, 4) is 11.5 Å². The van der Waals surface area contributed by atoms with Crippen molar-refractivity contribution in [2.45, 2.75) is 6.04 Å². The molecule has 0 bridgehead atoms. The van der Waals surface area contributed by atoms with Crippen LogP contribution < -0.4 is 20.5 Å². The van der Waals surface area contributed by atoms with Crippen LogP contribution in [0.1, 0.15) is 11.6 Å². The number of ether oxygens (including phenoxy) is 2. The van der Waals surface area contributed by atoms with Gasteiger partial charge in [0.15, 0.2) is 11.5 Å². The number of piperazine rings is 1. The van der Waals surface area contributed by atoms with Crippen molar-refractivity contribution >= 4 is 5.91 Å². The van der Waals surface area contributed by atoms with Crippen LogP contribution in [0.3, 0.4) is 0 Å². The zero-order valence-electron chi connectivity index (χ0n) is 10.6. The standard InChI is InChI=1S/C13H17N3O3/c14-10(6-16-4-3-15-13(17)7-16)9-1-2-11-12(5-9)19-8-18-11/h1-2,5,10H,3-4,6-8,14H2,(H,15,17). The molecule has 1 unspecified atom stereocenters. The second kappa shape index (κ2) is 5.07. The molecule has 3 N–H and O–H groups in total. The Balaban J connectivity index is 1.66.